The van der Waals surface area contributed by atoms with E-state index in [0.29, 0.717) is 11.1 Å². The highest BCUT2D eigenvalue weighted by atomic mass is 79.9. The Balaban J connectivity index is 2.76. The third-order valence-corrected chi connectivity index (χ3v) is 3.01. The van der Waals surface area contributed by atoms with Crippen LogP contribution in [-0.2, 0) is 4.74 Å². The molecule has 1 aromatic rings. The Morgan fingerprint density at radius 3 is 2.89 bits per heavy atom. The van der Waals surface area contributed by atoms with Crippen molar-refractivity contribution in [3.63, 3.8) is 0 Å². The average molecular weight is 318 g/mol. The molecule has 18 heavy (non-hydrogen) atoms. The van der Waals surface area contributed by atoms with E-state index >= 15 is 0 Å². The van der Waals surface area contributed by atoms with Crippen molar-refractivity contribution in [3.8, 4) is 0 Å². The summed E-state index contributed by atoms with van der Waals surface area (Å²) in [4.78, 5) is 12.0. The second-order valence-corrected chi connectivity index (χ2v) is 4.95. The predicted octanol–water partition coefficient (Wildman–Crippen LogP) is 3.13. The monoisotopic (exact) mass is 317 g/mol. The van der Waals surface area contributed by atoms with Gasteiger partial charge in [-0.3, -0.25) is 4.79 Å². The van der Waals surface area contributed by atoms with Crippen LogP contribution in [0, 0.1) is 5.82 Å². The Hall–Kier alpha value is -0.940. The Morgan fingerprint density at radius 2 is 2.28 bits per heavy atom. The Kier molecular flexibility index (Phi) is 6.29. The predicted molar refractivity (Wildman–Crippen MR) is 72.1 cm³/mol. The zero-order chi connectivity index (χ0) is 13.5. The van der Waals surface area contributed by atoms with E-state index in [2.05, 4.69) is 21.2 Å². The molecule has 0 fully saturated rings. The van der Waals surface area contributed by atoms with Crippen LogP contribution in [0.4, 0.5) is 4.39 Å². The van der Waals surface area contributed by atoms with Crippen LogP contribution in [0.5, 0.6) is 0 Å². The summed E-state index contributed by atoms with van der Waals surface area (Å²) in [6.07, 6.45) is 1.73. The maximum absolute atomic E-state index is 13.5. The summed E-state index contributed by atoms with van der Waals surface area (Å²) < 4.78 is 19.2. The van der Waals surface area contributed by atoms with E-state index in [0.717, 1.165) is 12.8 Å². The van der Waals surface area contributed by atoms with Crippen molar-refractivity contribution in [1.82, 2.24) is 5.32 Å². The normalized spacial score (nSPS) is 12.2. The van der Waals surface area contributed by atoms with Crippen LogP contribution in [0.1, 0.15) is 30.1 Å². The first kappa shape index (κ1) is 15.1. The lowest BCUT2D eigenvalue weighted by molar-refractivity contribution is 0.0887. The Bertz CT molecular complexity index is 406. The third-order valence-electron chi connectivity index (χ3n) is 2.51. The molecule has 0 bridgehead atoms. The van der Waals surface area contributed by atoms with Crippen molar-refractivity contribution in [2.75, 3.05) is 13.7 Å². The quantitative estimate of drug-likeness (QED) is 0.875. The number of nitrogens with one attached hydrogen (secondary N) is 1. The molecule has 1 unspecified atom stereocenters. The molecule has 0 aliphatic heterocycles. The number of rotatable bonds is 6. The fourth-order valence-corrected chi connectivity index (χ4v) is 2.04. The van der Waals surface area contributed by atoms with Crippen LogP contribution < -0.4 is 5.32 Å². The van der Waals surface area contributed by atoms with Gasteiger partial charge in [0.05, 0.1) is 18.2 Å². The van der Waals surface area contributed by atoms with Gasteiger partial charge in [0.15, 0.2) is 0 Å². The number of ether oxygens (including phenoxy) is 1. The number of carbonyl (C=O) groups is 1. The van der Waals surface area contributed by atoms with Gasteiger partial charge in [-0.25, -0.2) is 4.39 Å². The number of hydrogen-bond donors (Lipinski definition) is 1. The van der Waals surface area contributed by atoms with E-state index in [1.807, 2.05) is 6.92 Å². The van der Waals surface area contributed by atoms with E-state index in [1.54, 1.807) is 13.2 Å². The zero-order valence-corrected chi connectivity index (χ0v) is 12.1. The van der Waals surface area contributed by atoms with Crippen molar-refractivity contribution >= 4 is 21.8 Å². The molecule has 0 spiro atoms. The molecule has 1 rings (SSSR count). The fourth-order valence-electron chi connectivity index (χ4n) is 1.68. The zero-order valence-electron chi connectivity index (χ0n) is 10.5. The second-order valence-electron chi connectivity index (χ2n) is 4.04. The first-order valence-electron chi connectivity index (χ1n) is 5.83. The van der Waals surface area contributed by atoms with Gasteiger partial charge in [0.1, 0.15) is 5.82 Å². The Labute approximate surface area is 115 Å². The maximum atomic E-state index is 13.5. The number of carbonyl (C=O) groups excluding carboxylic acids is 1. The standard InChI is InChI=1S/C13H17BrFNO2/c1-3-4-10(8-18-2)16-13(17)11-7-9(14)5-6-12(11)15/h5-7,10H,3-4,8H2,1-2H3,(H,16,17). The topological polar surface area (TPSA) is 38.3 Å². The van der Waals surface area contributed by atoms with E-state index in [1.165, 1.54) is 12.1 Å². The van der Waals surface area contributed by atoms with Crippen LogP contribution in [0.15, 0.2) is 22.7 Å². The number of amides is 1. The minimum Gasteiger partial charge on any atom is -0.383 e. The van der Waals surface area contributed by atoms with E-state index in [9.17, 15) is 9.18 Å². The van der Waals surface area contributed by atoms with Gasteiger partial charge in [-0.1, -0.05) is 29.3 Å². The van der Waals surface area contributed by atoms with Gasteiger partial charge in [0.25, 0.3) is 5.91 Å². The van der Waals surface area contributed by atoms with Gasteiger partial charge < -0.3 is 10.1 Å². The minimum absolute atomic E-state index is 0.0431. The summed E-state index contributed by atoms with van der Waals surface area (Å²) >= 11 is 3.22. The number of hydrogen-bond acceptors (Lipinski definition) is 2. The van der Waals surface area contributed by atoms with Gasteiger partial charge in [-0.05, 0) is 24.6 Å². The second kappa shape index (κ2) is 7.48. The minimum atomic E-state index is -0.525. The molecule has 1 N–H and O–H groups in total. The molecule has 0 aliphatic carbocycles. The average Bonchev–Trinajstić information content (AvgIpc) is 2.33. The van der Waals surface area contributed by atoms with Gasteiger partial charge in [-0.2, -0.15) is 0 Å². The lowest BCUT2D eigenvalue weighted by Gasteiger charge is -2.17. The lowest BCUT2D eigenvalue weighted by Crippen LogP contribution is -2.38. The molecule has 5 heteroatoms. The largest absolute Gasteiger partial charge is 0.383 e. The molecule has 0 heterocycles. The first-order valence-corrected chi connectivity index (χ1v) is 6.62. The summed E-state index contributed by atoms with van der Waals surface area (Å²) in [5.41, 5.74) is 0.0431. The maximum Gasteiger partial charge on any atom is 0.254 e. The first-order chi connectivity index (χ1) is 8.58. The molecule has 0 radical (unpaired) electrons. The SMILES string of the molecule is CCCC(COC)NC(=O)c1cc(Br)ccc1F. The molecule has 100 valence electrons. The molecule has 3 nitrogen and oxygen atoms in total. The van der Waals surface area contributed by atoms with Gasteiger partial charge >= 0.3 is 0 Å². The Morgan fingerprint density at radius 1 is 1.56 bits per heavy atom. The van der Waals surface area contributed by atoms with Crippen LogP contribution >= 0.6 is 15.9 Å². The number of halogens is 2. The smallest absolute Gasteiger partial charge is 0.254 e. The molecule has 1 atom stereocenters. The van der Waals surface area contributed by atoms with Crippen LogP contribution in [0.25, 0.3) is 0 Å². The van der Waals surface area contributed by atoms with Crippen molar-refractivity contribution < 1.29 is 13.9 Å². The summed E-state index contributed by atoms with van der Waals surface area (Å²) in [6.45, 7) is 2.45. The third kappa shape index (κ3) is 4.38. The summed E-state index contributed by atoms with van der Waals surface area (Å²) in [5.74, 6) is -0.937. The molecule has 1 aromatic carbocycles. The van der Waals surface area contributed by atoms with Crippen LogP contribution in [0.3, 0.4) is 0 Å². The van der Waals surface area contributed by atoms with Gasteiger partial charge in [-0.15, -0.1) is 0 Å². The molecule has 1 amide bonds. The van der Waals surface area contributed by atoms with Gasteiger partial charge in [0, 0.05) is 11.6 Å². The highest BCUT2D eigenvalue weighted by Gasteiger charge is 2.16. The molecule has 0 aliphatic rings. The molecule has 0 saturated heterocycles. The van der Waals surface area contributed by atoms with Crippen molar-refractivity contribution in [2.45, 2.75) is 25.8 Å². The fraction of sp³-hybridized carbons (Fsp3) is 0.462. The lowest BCUT2D eigenvalue weighted by atomic mass is 10.1. The van der Waals surface area contributed by atoms with Crippen LogP contribution in [0.2, 0.25) is 0 Å². The highest BCUT2D eigenvalue weighted by Crippen LogP contribution is 2.15. The molecule has 0 aromatic heterocycles. The summed E-state index contributed by atoms with van der Waals surface area (Å²) in [7, 11) is 1.58. The van der Waals surface area contributed by atoms with Crippen molar-refractivity contribution in [2.24, 2.45) is 0 Å². The van der Waals surface area contributed by atoms with Crippen LogP contribution in [-0.4, -0.2) is 25.7 Å². The van der Waals surface area contributed by atoms with E-state index in [-0.39, 0.29) is 11.6 Å². The van der Waals surface area contributed by atoms with Gasteiger partial charge in [0.2, 0.25) is 0 Å². The molecular formula is C13H17BrFNO2. The van der Waals surface area contributed by atoms with E-state index in [4.69, 9.17) is 4.74 Å². The molecular weight excluding hydrogens is 301 g/mol. The van der Waals surface area contributed by atoms with E-state index < -0.39 is 11.7 Å². The molecule has 0 saturated carbocycles. The van der Waals surface area contributed by atoms with Crippen molar-refractivity contribution in [1.29, 1.82) is 0 Å². The highest BCUT2D eigenvalue weighted by molar-refractivity contribution is 9.10. The van der Waals surface area contributed by atoms with Crippen molar-refractivity contribution in [3.05, 3.63) is 34.1 Å². The number of benzene rings is 1. The summed E-state index contributed by atoms with van der Waals surface area (Å²) in [5, 5.41) is 2.78. The number of methoxy groups -OCH3 is 1. The summed E-state index contributed by atoms with van der Waals surface area (Å²) in [6, 6.07) is 4.21.